The highest BCUT2D eigenvalue weighted by Gasteiger charge is 2.45. The molecule has 0 saturated carbocycles. The van der Waals surface area contributed by atoms with Gasteiger partial charge in [0.15, 0.2) is 0 Å². The fourth-order valence-corrected chi connectivity index (χ4v) is 9.55. The third-order valence-electron chi connectivity index (χ3n) is 13.1. The number of amides is 6. The Morgan fingerprint density at radius 3 is 2.33 bits per heavy atom. The quantitative estimate of drug-likeness (QED) is 0.0634. The lowest BCUT2D eigenvalue weighted by atomic mass is 9.97. The summed E-state index contributed by atoms with van der Waals surface area (Å²) < 4.78 is 13.3. The second-order valence-electron chi connectivity index (χ2n) is 17.6. The number of carbonyl (C=O) groups is 6. The Kier molecular flexibility index (Phi) is 13.5. The highest BCUT2D eigenvalue weighted by atomic mass is 16.5. The maximum Gasteiger partial charge on any atom is 0.264 e. The molecule has 0 radical (unpaired) electrons. The van der Waals surface area contributed by atoms with Crippen molar-refractivity contribution in [1.82, 2.24) is 50.4 Å². The lowest BCUT2D eigenvalue weighted by Gasteiger charge is -2.35. The SMILES string of the molecule is O=C1CCC(N2C(=O)c3cccc(NCCOCCOCCc4cn(CCCCCN5CCN(c6nc(C7=C(c8c[nH]c9ccccc89)C(=O)NC7=O)c7ccccc7n6)CC5)nn4)c3C2=O)C(=O)N1. The van der Waals surface area contributed by atoms with Gasteiger partial charge in [-0.25, -0.2) is 9.97 Å². The van der Waals surface area contributed by atoms with E-state index in [1.807, 2.05) is 59.4 Å². The van der Waals surface area contributed by atoms with Crippen LogP contribution in [-0.4, -0.2) is 147 Å². The number of aromatic amines is 1. The van der Waals surface area contributed by atoms with Crippen molar-refractivity contribution in [2.45, 2.75) is 51.1 Å². The van der Waals surface area contributed by atoms with E-state index < -0.39 is 41.5 Å². The maximum absolute atomic E-state index is 13.5. The first-order chi connectivity index (χ1) is 34.2. The van der Waals surface area contributed by atoms with E-state index in [0.29, 0.717) is 78.8 Å². The fraction of sp³-hybridized carbons (Fsp3) is 0.360. The number of hydrogen-bond acceptors (Lipinski definition) is 15. The van der Waals surface area contributed by atoms with Crippen molar-refractivity contribution in [3.63, 3.8) is 0 Å². The molecule has 3 aromatic heterocycles. The van der Waals surface area contributed by atoms with Crippen molar-refractivity contribution in [2.24, 2.45) is 0 Å². The van der Waals surface area contributed by atoms with Gasteiger partial charge in [-0.15, -0.1) is 5.10 Å². The monoisotopic (exact) mass is 948 g/mol. The van der Waals surface area contributed by atoms with E-state index in [-0.39, 0.29) is 29.5 Å². The molecule has 20 nitrogen and oxygen atoms in total. The van der Waals surface area contributed by atoms with Crippen LogP contribution in [0, 0.1) is 0 Å². The van der Waals surface area contributed by atoms with Crippen LogP contribution in [0.5, 0.6) is 0 Å². The molecule has 2 fully saturated rings. The Hall–Kier alpha value is -7.68. The van der Waals surface area contributed by atoms with E-state index in [4.69, 9.17) is 19.4 Å². The number of nitrogens with zero attached hydrogens (tertiary/aromatic N) is 8. The summed E-state index contributed by atoms with van der Waals surface area (Å²) in [5.41, 5.74) is 5.01. The van der Waals surface area contributed by atoms with Crippen LogP contribution < -0.4 is 20.9 Å². The first-order valence-corrected chi connectivity index (χ1v) is 23.8. The number of piperazine rings is 1. The van der Waals surface area contributed by atoms with E-state index in [1.165, 1.54) is 0 Å². The highest BCUT2D eigenvalue weighted by Crippen LogP contribution is 2.38. The largest absolute Gasteiger partial charge is 0.382 e. The lowest BCUT2D eigenvalue weighted by Crippen LogP contribution is -2.54. The minimum atomic E-state index is -1.02. The molecular formula is C50H52N12O8. The molecule has 360 valence electrons. The highest BCUT2D eigenvalue weighted by molar-refractivity contribution is 6.50. The number of H-pyrrole nitrogens is 1. The van der Waals surface area contributed by atoms with Crippen molar-refractivity contribution in [3.05, 3.63) is 107 Å². The number of ether oxygens (including phenoxy) is 2. The zero-order chi connectivity index (χ0) is 48.1. The van der Waals surface area contributed by atoms with Crippen LogP contribution in [0.15, 0.2) is 79.1 Å². The molecule has 20 heteroatoms. The molecule has 6 aromatic rings. The number of carbonyl (C=O) groups excluding carboxylic acids is 6. The predicted molar refractivity (Wildman–Crippen MR) is 257 cm³/mol. The second kappa shape index (κ2) is 20.5. The van der Waals surface area contributed by atoms with Crippen LogP contribution in [0.4, 0.5) is 11.6 Å². The molecule has 4 aliphatic heterocycles. The van der Waals surface area contributed by atoms with Crippen LogP contribution >= 0.6 is 0 Å². The summed E-state index contributed by atoms with van der Waals surface area (Å²) >= 11 is 0. The minimum Gasteiger partial charge on any atom is -0.382 e. The number of hydrogen-bond donors (Lipinski definition) is 4. The van der Waals surface area contributed by atoms with Crippen LogP contribution in [-0.2, 0) is 41.6 Å². The smallest absolute Gasteiger partial charge is 0.264 e. The molecule has 6 amide bonds. The molecule has 2 saturated heterocycles. The van der Waals surface area contributed by atoms with Crippen molar-refractivity contribution < 1.29 is 38.2 Å². The number of imide groups is 3. The average molecular weight is 949 g/mol. The first kappa shape index (κ1) is 46.1. The van der Waals surface area contributed by atoms with Gasteiger partial charge in [0, 0.05) is 92.0 Å². The normalized spacial score (nSPS) is 17.6. The number of para-hydroxylation sites is 2. The third-order valence-corrected chi connectivity index (χ3v) is 13.1. The minimum absolute atomic E-state index is 0.0598. The number of anilines is 2. The van der Waals surface area contributed by atoms with Gasteiger partial charge in [0.1, 0.15) is 6.04 Å². The standard InChI is InChI=1S/C50H52N12O8/c63-40-16-15-39(45(64)54-40)62-48(67)34-11-8-14-38(41(34)49(62)68)51-18-26-70-28-27-69-25-17-31-30-61(58-57-31)20-7-1-6-19-59-21-23-60(24-22-59)50-53-37-13-5-3-10-33(37)44(55-50)43-42(46(65)56-47(43)66)35-29-52-36-12-4-2-9-32(35)36/h2-5,8-14,29-30,39,51-52H,1,6-7,15-28H2,(H,54,63,64)(H,56,65,66). The molecule has 1 unspecified atom stereocenters. The lowest BCUT2D eigenvalue weighted by molar-refractivity contribution is -0.136. The van der Waals surface area contributed by atoms with E-state index in [0.717, 1.165) is 80.0 Å². The maximum atomic E-state index is 13.5. The van der Waals surface area contributed by atoms with E-state index in [9.17, 15) is 28.8 Å². The Labute approximate surface area is 401 Å². The van der Waals surface area contributed by atoms with Crippen molar-refractivity contribution in [2.75, 3.05) is 75.9 Å². The molecule has 4 aliphatic rings. The van der Waals surface area contributed by atoms with Gasteiger partial charge in [0.05, 0.1) is 65.6 Å². The summed E-state index contributed by atoms with van der Waals surface area (Å²) in [5.74, 6) is -2.55. The second-order valence-corrected chi connectivity index (χ2v) is 17.6. The zero-order valence-corrected chi connectivity index (χ0v) is 38.4. The van der Waals surface area contributed by atoms with Crippen LogP contribution in [0.25, 0.3) is 33.0 Å². The molecule has 10 rings (SSSR count). The van der Waals surface area contributed by atoms with Gasteiger partial charge < -0.3 is 24.7 Å². The molecular weight excluding hydrogens is 897 g/mol. The number of piperidine rings is 1. The van der Waals surface area contributed by atoms with Gasteiger partial charge in [0.2, 0.25) is 17.8 Å². The van der Waals surface area contributed by atoms with Crippen LogP contribution in [0.2, 0.25) is 0 Å². The number of unbranched alkanes of at least 4 members (excludes halogenated alkanes) is 2. The Bertz CT molecular complexity index is 3050. The van der Waals surface area contributed by atoms with E-state index >= 15 is 0 Å². The number of benzene rings is 3. The summed E-state index contributed by atoms with van der Waals surface area (Å²) in [4.78, 5) is 95.9. The summed E-state index contributed by atoms with van der Waals surface area (Å²) in [6.07, 6.45) is 7.60. The Balaban J connectivity index is 0.618. The molecule has 3 aromatic carbocycles. The average Bonchev–Trinajstić information content (AvgIpc) is 4.14. The van der Waals surface area contributed by atoms with Crippen molar-refractivity contribution >= 4 is 80.0 Å². The number of nitrogens with one attached hydrogen (secondary N) is 4. The Morgan fingerprint density at radius 1 is 0.714 bits per heavy atom. The molecule has 0 bridgehead atoms. The van der Waals surface area contributed by atoms with Gasteiger partial charge in [-0.05, 0) is 50.1 Å². The van der Waals surface area contributed by atoms with Gasteiger partial charge >= 0.3 is 0 Å². The van der Waals surface area contributed by atoms with Crippen molar-refractivity contribution in [3.8, 4) is 0 Å². The number of aromatic nitrogens is 6. The number of rotatable bonds is 20. The van der Waals surface area contributed by atoms with Gasteiger partial charge in [-0.3, -0.25) is 53.9 Å². The molecule has 4 N–H and O–H groups in total. The van der Waals surface area contributed by atoms with Gasteiger partial charge in [-0.2, -0.15) is 0 Å². The van der Waals surface area contributed by atoms with Crippen LogP contribution in [0.3, 0.4) is 0 Å². The summed E-state index contributed by atoms with van der Waals surface area (Å²) in [5, 5.41) is 18.1. The van der Waals surface area contributed by atoms with E-state index in [2.05, 4.69) is 41.0 Å². The zero-order valence-electron chi connectivity index (χ0n) is 38.4. The molecule has 70 heavy (non-hydrogen) atoms. The molecule has 7 heterocycles. The third kappa shape index (κ3) is 9.52. The number of fused-ring (bicyclic) bond motifs is 3. The van der Waals surface area contributed by atoms with E-state index in [1.54, 1.807) is 24.4 Å². The Morgan fingerprint density at radius 2 is 1.49 bits per heavy atom. The number of aryl methyl sites for hydroxylation is 1. The van der Waals surface area contributed by atoms with Gasteiger partial charge in [0.25, 0.3) is 23.6 Å². The molecule has 1 atom stereocenters. The molecule has 0 spiro atoms. The summed E-state index contributed by atoms with van der Waals surface area (Å²) in [6, 6.07) is 19.2. The van der Waals surface area contributed by atoms with Gasteiger partial charge in [-0.1, -0.05) is 54.1 Å². The van der Waals surface area contributed by atoms with Crippen molar-refractivity contribution in [1.29, 1.82) is 0 Å². The summed E-state index contributed by atoms with van der Waals surface area (Å²) in [7, 11) is 0. The first-order valence-electron chi connectivity index (χ1n) is 23.8. The topological polar surface area (TPSA) is 239 Å². The fourth-order valence-electron chi connectivity index (χ4n) is 9.55. The predicted octanol–water partition coefficient (Wildman–Crippen LogP) is 3.35. The van der Waals surface area contributed by atoms with Crippen LogP contribution in [0.1, 0.15) is 69.8 Å². The molecule has 0 aliphatic carbocycles. The summed E-state index contributed by atoms with van der Waals surface area (Å²) in [6.45, 7) is 6.88.